The predicted octanol–water partition coefficient (Wildman–Crippen LogP) is 4.02. The average molecular weight is 333 g/mol. The molecule has 2 aliphatic rings. The maximum absolute atomic E-state index is 12.4. The molecule has 0 aromatic heterocycles. The Labute approximate surface area is 141 Å². The van der Waals surface area contributed by atoms with E-state index in [4.69, 9.17) is 9.47 Å². The number of nitro benzene ring substituents is 1. The van der Waals surface area contributed by atoms with Gasteiger partial charge in [0.05, 0.1) is 16.1 Å². The quantitative estimate of drug-likeness (QED) is 0.340. The third kappa shape index (κ3) is 2.79. The lowest BCUT2D eigenvalue weighted by Gasteiger charge is -2.31. The zero-order valence-corrected chi connectivity index (χ0v) is 14.1. The summed E-state index contributed by atoms with van der Waals surface area (Å²) in [6.07, 6.45) is 5.55. The molecule has 1 saturated heterocycles. The van der Waals surface area contributed by atoms with Gasteiger partial charge < -0.3 is 9.47 Å². The molecule has 0 spiro atoms. The van der Waals surface area contributed by atoms with Crippen molar-refractivity contribution in [3.63, 3.8) is 0 Å². The van der Waals surface area contributed by atoms with Crippen LogP contribution in [0.4, 0.5) is 5.69 Å². The highest BCUT2D eigenvalue weighted by atomic mass is 16.7. The Kier molecular flexibility index (Phi) is 4.34. The molecule has 0 radical (unpaired) electrons. The fourth-order valence-corrected chi connectivity index (χ4v) is 3.89. The molecular formula is C18H23NO5. The van der Waals surface area contributed by atoms with Gasteiger partial charge in [0.1, 0.15) is 11.7 Å². The number of nitro groups is 1. The van der Waals surface area contributed by atoms with Crippen LogP contribution in [0.25, 0.3) is 0 Å². The molecule has 0 unspecified atom stereocenters. The lowest BCUT2D eigenvalue weighted by Crippen LogP contribution is -2.43. The molecular weight excluding hydrogens is 310 g/mol. The zero-order chi connectivity index (χ0) is 17.4. The number of nitrogens with zero attached hydrogens (tertiary/aromatic N) is 1. The van der Waals surface area contributed by atoms with E-state index in [1.54, 1.807) is 0 Å². The Morgan fingerprint density at radius 2 is 2.12 bits per heavy atom. The molecule has 1 aliphatic heterocycles. The number of ether oxygens (including phenoxy) is 2. The molecule has 24 heavy (non-hydrogen) atoms. The summed E-state index contributed by atoms with van der Waals surface area (Å²) in [5.74, 6) is -0.439. The summed E-state index contributed by atoms with van der Waals surface area (Å²) in [5.41, 5.74) is -0.237. The lowest BCUT2D eigenvalue weighted by atomic mass is 9.75. The molecule has 0 bridgehead atoms. The van der Waals surface area contributed by atoms with Crippen molar-refractivity contribution in [3.05, 3.63) is 39.9 Å². The van der Waals surface area contributed by atoms with Crippen LogP contribution in [0.15, 0.2) is 24.3 Å². The Balaban J connectivity index is 1.72. The molecule has 130 valence electrons. The van der Waals surface area contributed by atoms with Gasteiger partial charge in [0, 0.05) is 12.1 Å². The Morgan fingerprint density at radius 1 is 1.42 bits per heavy atom. The van der Waals surface area contributed by atoms with Crippen LogP contribution < -0.4 is 0 Å². The van der Waals surface area contributed by atoms with Crippen LogP contribution in [0, 0.1) is 10.1 Å². The second-order valence-electron chi connectivity index (χ2n) is 6.92. The normalized spacial score (nSPS) is 31.2. The number of carbonyl (C=O) groups is 1. The van der Waals surface area contributed by atoms with Crippen molar-refractivity contribution in [1.29, 1.82) is 0 Å². The van der Waals surface area contributed by atoms with Gasteiger partial charge in [0.25, 0.3) is 5.69 Å². The van der Waals surface area contributed by atoms with Crippen molar-refractivity contribution in [1.82, 2.24) is 0 Å². The number of epoxide rings is 1. The topological polar surface area (TPSA) is 82.0 Å². The van der Waals surface area contributed by atoms with Gasteiger partial charge in [-0.1, -0.05) is 19.8 Å². The van der Waals surface area contributed by atoms with Crippen molar-refractivity contribution in [2.45, 2.75) is 69.7 Å². The summed E-state index contributed by atoms with van der Waals surface area (Å²) in [7, 11) is 0. The van der Waals surface area contributed by atoms with E-state index < -0.39 is 10.9 Å². The van der Waals surface area contributed by atoms with Crippen molar-refractivity contribution in [2.75, 3.05) is 0 Å². The molecule has 1 heterocycles. The summed E-state index contributed by atoms with van der Waals surface area (Å²) < 4.78 is 11.9. The SMILES string of the molecule is CCCC[C@@]12O[C@]1(C)CCC[C@@H]2OC(=O)c1ccc([N+](=O)[O-])cc1. The molecule has 1 aromatic rings. The molecule has 2 fully saturated rings. The number of rotatable bonds is 6. The van der Waals surface area contributed by atoms with Crippen molar-refractivity contribution in [3.8, 4) is 0 Å². The third-order valence-corrected chi connectivity index (χ3v) is 5.37. The molecule has 1 saturated carbocycles. The number of fused-ring (bicyclic) bond motifs is 1. The molecule has 6 heteroatoms. The number of non-ortho nitro benzene ring substituents is 1. The fraction of sp³-hybridized carbons (Fsp3) is 0.611. The van der Waals surface area contributed by atoms with Crippen LogP contribution in [0.2, 0.25) is 0 Å². The van der Waals surface area contributed by atoms with E-state index in [1.807, 2.05) is 0 Å². The highest BCUT2D eigenvalue weighted by Gasteiger charge is 2.72. The maximum atomic E-state index is 12.4. The molecule has 3 rings (SSSR count). The van der Waals surface area contributed by atoms with E-state index in [1.165, 1.54) is 24.3 Å². The van der Waals surface area contributed by atoms with Gasteiger partial charge in [0.2, 0.25) is 0 Å². The van der Waals surface area contributed by atoms with E-state index in [9.17, 15) is 14.9 Å². The summed E-state index contributed by atoms with van der Waals surface area (Å²) in [6.45, 7) is 4.24. The molecule has 3 atom stereocenters. The van der Waals surface area contributed by atoms with Crippen LogP contribution in [-0.2, 0) is 9.47 Å². The first kappa shape index (κ1) is 16.9. The van der Waals surface area contributed by atoms with Gasteiger partial charge in [-0.15, -0.1) is 0 Å². The van der Waals surface area contributed by atoms with Gasteiger partial charge in [-0.05, 0) is 44.7 Å². The first-order chi connectivity index (χ1) is 11.4. The van der Waals surface area contributed by atoms with Gasteiger partial charge in [-0.25, -0.2) is 4.79 Å². The molecule has 1 aromatic carbocycles. The largest absolute Gasteiger partial charge is 0.456 e. The first-order valence-corrected chi connectivity index (χ1v) is 8.57. The minimum atomic E-state index is -0.487. The number of carbonyl (C=O) groups excluding carboxylic acids is 1. The number of unbranched alkanes of at least 4 members (excludes halogenated alkanes) is 1. The van der Waals surface area contributed by atoms with Gasteiger partial charge in [-0.3, -0.25) is 10.1 Å². The fourth-order valence-electron chi connectivity index (χ4n) is 3.89. The molecule has 0 amide bonds. The van der Waals surface area contributed by atoms with E-state index in [0.29, 0.717) is 5.56 Å². The summed E-state index contributed by atoms with van der Waals surface area (Å²) in [4.78, 5) is 22.6. The molecule has 0 N–H and O–H groups in total. The standard InChI is InChI=1S/C18H23NO5/c1-3-4-12-18-15(6-5-11-17(18,2)24-18)23-16(20)13-7-9-14(10-8-13)19(21)22/h7-10,15H,3-6,11-12H2,1-2H3/t15-,17+,18-/m0/s1. The number of hydrogen-bond acceptors (Lipinski definition) is 5. The smallest absolute Gasteiger partial charge is 0.338 e. The summed E-state index contributed by atoms with van der Waals surface area (Å²) in [6, 6.07) is 5.52. The third-order valence-electron chi connectivity index (χ3n) is 5.37. The monoisotopic (exact) mass is 333 g/mol. The predicted molar refractivity (Wildman–Crippen MR) is 87.9 cm³/mol. The zero-order valence-electron chi connectivity index (χ0n) is 14.1. The van der Waals surface area contributed by atoms with Gasteiger partial charge in [-0.2, -0.15) is 0 Å². The second-order valence-corrected chi connectivity index (χ2v) is 6.92. The van der Waals surface area contributed by atoms with E-state index in [-0.39, 0.29) is 23.0 Å². The average Bonchev–Trinajstić information content (AvgIpc) is 3.20. The van der Waals surface area contributed by atoms with E-state index in [2.05, 4.69) is 13.8 Å². The first-order valence-electron chi connectivity index (χ1n) is 8.57. The van der Waals surface area contributed by atoms with E-state index in [0.717, 1.165) is 38.5 Å². The summed E-state index contributed by atoms with van der Waals surface area (Å²) in [5, 5.41) is 10.7. The van der Waals surface area contributed by atoms with Crippen molar-refractivity contribution >= 4 is 11.7 Å². The van der Waals surface area contributed by atoms with Crippen LogP contribution in [-0.4, -0.2) is 28.2 Å². The lowest BCUT2D eigenvalue weighted by molar-refractivity contribution is -0.384. The highest BCUT2D eigenvalue weighted by molar-refractivity contribution is 5.89. The summed E-state index contributed by atoms with van der Waals surface area (Å²) >= 11 is 0. The molecule has 6 nitrogen and oxygen atoms in total. The van der Waals surface area contributed by atoms with E-state index >= 15 is 0 Å². The van der Waals surface area contributed by atoms with Crippen molar-refractivity contribution < 1.29 is 19.2 Å². The second kappa shape index (κ2) is 6.16. The van der Waals surface area contributed by atoms with Crippen LogP contribution >= 0.6 is 0 Å². The van der Waals surface area contributed by atoms with Gasteiger partial charge >= 0.3 is 5.97 Å². The van der Waals surface area contributed by atoms with Crippen LogP contribution in [0.3, 0.4) is 0 Å². The van der Waals surface area contributed by atoms with Crippen LogP contribution in [0.5, 0.6) is 0 Å². The number of benzene rings is 1. The minimum absolute atomic E-state index is 0.0401. The van der Waals surface area contributed by atoms with Gasteiger partial charge in [0.15, 0.2) is 0 Å². The number of esters is 1. The Morgan fingerprint density at radius 3 is 2.75 bits per heavy atom. The maximum Gasteiger partial charge on any atom is 0.338 e. The highest BCUT2D eigenvalue weighted by Crippen LogP contribution is 2.60. The molecule has 1 aliphatic carbocycles. The van der Waals surface area contributed by atoms with Crippen LogP contribution in [0.1, 0.15) is 62.7 Å². The van der Waals surface area contributed by atoms with Crippen molar-refractivity contribution in [2.24, 2.45) is 0 Å². The Hall–Kier alpha value is -1.95. The minimum Gasteiger partial charge on any atom is -0.456 e. The number of hydrogen-bond donors (Lipinski definition) is 0. The Bertz CT molecular complexity index is 643.